The summed E-state index contributed by atoms with van der Waals surface area (Å²) in [6.07, 6.45) is 0.421. The third kappa shape index (κ3) is 3.53. The van der Waals surface area contributed by atoms with Crippen molar-refractivity contribution >= 4 is 29.1 Å². The van der Waals surface area contributed by atoms with Gasteiger partial charge in [0.15, 0.2) is 0 Å². The van der Waals surface area contributed by atoms with E-state index >= 15 is 0 Å². The van der Waals surface area contributed by atoms with Gasteiger partial charge in [0.2, 0.25) is 5.91 Å². The van der Waals surface area contributed by atoms with Crippen molar-refractivity contribution in [1.29, 1.82) is 0 Å². The first-order chi connectivity index (χ1) is 9.10. The summed E-state index contributed by atoms with van der Waals surface area (Å²) in [5.41, 5.74) is 9.15. The number of hydrogen-bond acceptors (Lipinski definition) is 2. The first-order valence-corrected chi connectivity index (χ1v) is 6.58. The molecule has 0 radical (unpaired) electrons. The van der Waals surface area contributed by atoms with Gasteiger partial charge in [-0.1, -0.05) is 34.4 Å². The van der Waals surface area contributed by atoms with E-state index in [1.165, 1.54) is 0 Å². The van der Waals surface area contributed by atoms with Crippen molar-refractivity contribution in [1.82, 2.24) is 4.90 Å². The van der Waals surface area contributed by atoms with Gasteiger partial charge < -0.3 is 4.90 Å². The lowest BCUT2D eigenvalue weighted by Gasteiger charge is -2.17. The molecule has 1 unspecified atom stereocenters. The summed E-state index contributed by atoms with van der Waals surface area (Å²) in [6.45, 7) is 1.41. The number of rotatable bonds is 4. The normalized spacial score (nSPS) is 18.5. The maximum Gasteiger partial charge on any atom is 0.223 e. The van der Waals surface area contributed by atoms with Crippen molar-refractivity contribution in [3.05, 3.63) is 44.3 Å². The summed E-state index contributed by atoms with van der Waals surface area (Å²) in [6, 6.07) is 5.23. The van der Waals surface area contributed by atoms with Crippen LogP contribution in [0.25, 0.3) is 10.4 Å². The first kappa shape index (κ1) is 14.0. The molecular formula is C12H12Cl2N4O. The summed E-state index contributed by atoms with van der Waals surface area (Å²) >= 11 is 11.9. The molecule has 2 rings (SSSR count). The Bertz CT molecular complexity index is 543. The van der Waals surface area contributed by atoms with Gasteiger partial charge in [0.1, 0.15) is 0 Å². The van der Waals surface area contributed by atoms with Gasteiger partial charge in [-0.25, -0.2) is 0 Å². The number of benzene rings is 1. The van der Waals surface area contributed by atoms with Crippen LogP contribution in [0, 0.1) is 5.92 Å². The number of carbonyl (C=O) groups excluding carboxylic acids is 1. The molecule has 1 amide bonds. The zero-order valence-corrected chi connectivity index (χ0v) is 11.6. The van der Waals surface area contributed by atoms with Crippen LogP contribution in [0.2, 0.25) is 10.0 Å². The van der Waals surface area contributed by atoms with E-state index in [-0.39, 0.29) is 11.8 Å². The van der Waals surface area contributed by atoms with Crippen molar-refractivity contribution in [3.8, 4) is 0 Å². The molecule has 1 heterocycles. The van der Waals surface area contributed by atoms with E-state index in [1.807, 2.05) is 6.07 Å². The number of nitrogens with zero attached hydrogens (tertiary/aromatic N) is 4. The quantitative estimate of drug-likeness (QED) is 0.475. The van der Waals surface area contributed by atoms with Gasteiger partial charge in [0.05, 0.1) is 0 Å². The SMILES string of the molecule is [N-]=[N+]=NCC1CC(=O)N(Cc2ccc(Cl)cc2Cl)C1. The van der Waals surface area contributed by atoms with Crippen LogP contribution in [-0.2, 0) is 11.3 Å². The molecule has 1 aliphatic heterocycles. The Kier molecular flexibility index (Phi) is 4.53. The zero-order valence-electron chi connectivity index (χ0n) is 10.1. The number of azide groups is 1. The summed E-state index contributed by atoms with van der Waals surface area (Å²) in [4.78, 5) is 16.3. The predicted octanol–water partition coefficient (Wildman–Crippen LogP) is 3.65. The molecule has 5 nitrogen and oxygen atoms in total. The summed E-state index contributed by atoms with van der Waals surface area (Å²) < 4.78 is 0. The molecule has 0 saturated carbocycles. The van der Waals surface area contributed by atoms with E-state index in [4.69, 9.17) is 28.7 Å². The maximum absolute atomic E-state index is 11.9. The Morgan fingerprint density at radius 2 is 2.26 bits per heavy atom. The zero-order chi connectivity index (χ0) is 13.8. The van der Waals surface area contributed by atoms with E-state index < -0.39 is 0 Å². The van der Waals surface area contributed by atoms with E-state index in [9.17, 15) is 4.79 Å². The molecular weight excluding hydrogens is 287 g/mol. The number of halogens is 2. The monoisotopic (exact) mass is 298 g/mol. The van der Waals surface area contributed by atoms with Crippen LogP contribution in [0.4, 0.5) is 0 Å². The van der Waals surface area contributed by atoms with Crippen LogP contribution >= 0.6 is 23.2 Å². The highest BCUT2D eigenvalue weighted by Gasteiger charge is 2.29. The molecule has 0 spiro atoms. The molecule has 0 N–H and O–H groups in total. The van der Waals surface area contributed by atoms with Crippen LogP contribution in [0.15, 0.2) is 23.3 Å². The van der Waals surface area contributed by atoms with Crippen LogP contribution in [0.5, 0.6) is 0 Å². The Morgan fingerprint density at radius 1 is 1.47 bits per heavy atom. The Labute approximate surface area is 120 Å². The molecule has 0 aromatic heterocycles. The highest BCUT2D eigenvalue weighted by atomic mass is 35.5. The van der Waals surface area contributed by atoms with Gasteiger partial charge >= 0.3 is 0 Å². The third-order valence-corrected chi connectivity index (χ3v) is 3.66. The van der Waals surface area contributed by atoms with Gasteiger partial charge in [0, 0.05) is 41.0 Å². The summed E-state index contributed by atoms with van der Waals surface area (Å²) in [5, 5.41) is 4.64. The van der Waals surface area contributed by atoms with Crippen LogP contribution in [0.1, 0.15) is 12.0 Å². The first-order valence-electron chi connectivity index (χ1n) is 5.82. The molecule has 100 valence electrons. The molecule has 1 atom stereocenters. The molecule has 19 heavy (non-hydrogen) atoms. The van der Waals surface area contributed by atoms with E-state index in [0.717, 1.165) is 5.56 Å². The summed E-state index contributed by atoms with van der Waals surface area (Å²) in [5.74, 6) is 0.152. The van der Waals surface area contributed by atoms with Gasteiger partial charge in [-0.15, -0.1) is 0 Å². The van der Waals surface area contributed by atoms with E-state index in [2.05, 4.69) is 10.0 Å². The van der Waals surface area contributed by atoms with Crippen molar-refractivity contribution in [2.45, 2.75) is 13.0 Å². The fourth-order valence-electron chi connectivity index (χ4n) is 2.14. The Morgan fingerprint density at radius 3 is 2.95 bits per heavy atom. The Balaban J connectivity index is 2.03. The predicted molar refractivity (Wildman–Crippen MR) is 74.0 cm³/mol. The molecule has 1 aliphatic rings. The second-order valence-electron chi connectivity index (χ2n) is 4.49. The van der Waals surface area contributed by atoms with Crippen molar-refractivity contribution in [2.24, 2.45) is 11.0 Å². The molecule has 1 aromatic carbocycles. The molecule has 1 aromatic rings. The molecule has 7 heteroatoms. The smallest absolute Gasteiger partial charge is 0.223 e. The second kappa shape index (κ2) is 6.15. The van der Waals surface area contributed by atoms with Crippen LogP contribution in [0.3, 0.4) is 0 Å². The largest absolute Gasteiger partial charge is 0.338 e. The third-order valence-electron chi connectivity index (χ3n) is 3.07. The molecule has 0 bridgehead atoms. The fourth-order valence-corrected chi connectivity index (χ4v) is 2.60. The minimum atomic E-state index is 0.0594. The van der Waals surface area contributed by atoms with Crippen LogP contribution in [-0.4, -0.2) is 23.9 Å². The number of likely N-dealkylation sites (tertiary alicyclic amines) is 1. The molecule has 0 aliphatic carbocycles. The maximum atomic E-state index is 11.9. The topological polar surface area (TPSA) is 69.1 Å². The van der Waals surface area contributed by atoms with E-state index in [1.54, 1.807) is 17.0 Å². The molecule has 1 saturated heterocycles. The highest BCUT2D eigenvalue weighted by Crippen LogP contribution is 2.25. The van der Waals surface area contributed by atoms with Crippen molar-refractivity contribution in [3.63, 3.8) is 0 Å². The Hall–Kier alpha value is -1.42. The van der Waals surface area contributed by atoms with Gasteiger partial charge in [0.25, 0.3) is 0 Å². The molecule has 1 fully saturated rings. The minimum absolute atomic E-state index is 0.0594. The second-order valence-corrected chi connectivity index (χ2v) is 5.34. The average molecular weight is 299 g/mol. The lowest BCUT2D eigenvalue weighted by Crippen LogP contribution is -2.25. The van der Waals surface area contributed by atoms with Crippen molar-refractivity contribution in [2.75, 3.05) is 13.1 Å². The lowest BCUT2D eigenvalue weighted by atomic mass is 10.1. The van der Waals surface area contributed by atoms with E-state index in [0.29, 0.717) is 36.1 Å². The van der Waals surface area contributed by atoms with Crippen LogP contribution < -0.4 is 0 Å². The summed E-state index contributed by atoms with van der Waals surface area (Å²) in [7, 11) is 0. The standard InChI is InChI=1S/C12H12Cl2N4O/c13-10-2-1-9(11(14)4-10)7-18-6-8(3-12(18)19)5-16-17-15/h1-2,4,8H,3,5-7H2. The fraction of sp³-hybridized carbons (Fsp3) is 0.417. The van der Waals surface area contributed by atoms with Gasteiger partial charge in [-0.3, -0.25) is 4.79 Å². The van der Waals surface area contributed by atoms with Gasteiger partial charge in [-0.05, 0) is 29.1 Å². The average Bonchev–Trinajstić information content (AvgIpc) is 2.71. The van der Waals surface area contributed by atoms with Gasteiger partial charge in [-0.2, -0.15) is 0 Å². The number of carbonyl (C=O) groups is 1. The van der Waals surface area contributed by atoms with Crippen molar-refractivity contribution < 1.29 is 4.79 Å². The highest BCUT2D eigenvalue weighted by molar-refractivity contribution is 6.35. The lowest BCUT2D eigenvalue weighted by molar-refractivity contribution is -0.128. The number of hydrogen-bond donors (Lipinski definition) is 0. The number of amides is 1. The minimum Gasteiger partial charge on any atom is -0.338 e.